The van der Waals surface area contributed by atoms with Crippen LogP contribution in [0, 0.1) is 5.92 Å². The van der Waals surface area contributed by atoms with Crippen molar-refractivity contribution in [2.24, 2.45) is 5.92 Å². The van der Waals surface area contributed by atoms with Gasteiger partial charge < -0.3 is 29.3 Å². The molecular formula is C40H71O11P. The summed E-state index contributed by atoms with van der Waals surface area (Å²) in [6.45, 7) is 4.52. The number of allylic oxidation sites excluding steroid dienone is 4. The fraction of sp³-hybridized carbons (Fsp3) is 0.800. The highest BCUT2D eigenvalue weighted by Crippen LogP contribution is 2.43. The molecule has 0 aromatic heterocycles. The van der Waals surface area contributed by atoms with Crippen molar-refractivity contribution < 1.29 is 52.5 Å². The third-order valence-corrected chi connectivity index (χ3v) is 9.58. The average molecular weight is 759 g/mol. The van der Waals surface area contributed by atoms with E-state index >= 15 is 0 Å². The fourth-order valence-corrected chi connectivity index (χ4v) is 6.18. The molecule has 1 rings (SSSR count). The molecule has 3 N–H and O–H groups in total. The van der Waals surface area contributed by atoms with Gasteiger partial charge >= 0.3 is 19.8 Å². The quantitative estimate of drug-likeness (QED) is 0.0186. The molecule has 11 nitrogen and oxygen atoms in total. The fourth-order valence-electron chi connectivity index (χ4n) is 5.39. The van der Waals surface area contributed by atoms with Gasteiger partial charge in [-0.05, 0) is 57.3 Å². The van der Waals surface area contributed by atoms with Gasteiger partial charge in [0.1, 0.15) is 12.7 Å². The Kier molecular flexibility index (Phi) is 29.2. The summed E-state index contributed by atoms with van der Waals surface area (Å²) in [7, 11) is -4.63. The maximum absolute atomic E-state index is 12.5. The highest BCUT2D eigenvalue weighted by Gasteiger charge is 2.36. The van der Waals surface area contributed by atoms with Gasteiger partial charge in [0.2, 0.25) is 0 Å². The van der Waals surface area contributed by atoms with Crippen molar-refractivity contribution in [2.45, 2.75) is 174 Å². The lowest BCUT2D eigenvalue weighted by Crippen LogP contribution is -2.29. The minimum Gasteiger partial charge on any atom is -0.462 e. The molecule has 1 aliphatic heterocycles. The van der Waals surface area contributed by atoms with Crippen molar-refractivity contribution >= 4 is 19.8 Å². The Morgan fingerprint density at radius 1 is 0.731 bits per heavy atom. The maximum atomic E-state index is 12.5. The van der Waals surface area contributed by atoms with Gasteiger partial charge in [-0.1, -0.05) is 121 Å². The van der Waals surface area contributed by atoms with E-state index in [1.54, 1.807) is 0 Å². The molecule has 52 heavy (non-hydrogen) atoms. The Labute approximate surface area is 314 Å². The van der Waals surface area contributed by atoms with Crippen LogP contribution in [0.15, 0.2) is 36.5 Å². The monoisotopic (exact) mass is 758 g/mol. The first kappa shape index (κ1) is 48.2. The van der Waals surface area contributed by atoms with Gasteiger partial charge in [-0.3, -0.25) is 18.6 Å². The third kappa shape index (κ3) is 29.6. The number of hydrogen-bond donors (Lipinski definition) is 3. The van der Waals surface area contributed by atoms with E-state index in [2.05, 4.69) is 55.7 Å². The number of aliphatic hydroxyl groups excluding tert-OH is 2. The summed E-state index contributed by atoms with van der Waals surface area (Å²) in [6.07, 6.45) is 30.2. The van der Waals surface area contributed by atoms with Crippen molar-refractivity contribution in [1.82, 2.24) is 0 Å². The van der Waals surface area contributed by atoms with Crippen molar-refractivity contribution in [1.29, 1.82) is 0 Å². The number of aliphatic hydroxyl groups is 2. The Hall–Kier alpha value is -1.85. The number of ether oxygens (including phenoxy) is 3. The number of carbonyl (C=O) groups is 2. The number of unbranched alkanes of at least 4 members (excludes halogenated alkanes) is 11. The summed E-state index contributed by atoms with van der Waals surface area (Å²) >= 11 is 0. The SMILES string of the molecule is CCCCC/C=C\C/C=C\CC1OC1C/C=C\CCCC(=O)OC[C@H](COP(=O)(O)OC[C@@H](O)CO)OC(=O)CCCCCCCCCCC(C)C. The lowest BCUT2D eigenvalue weighted by Gasteiger charge is -2.20. The molecule has 0 saturated carbocycles. The number of phosphoric ester groups is 1. The van der Waals surface area contributed by atoms with E-state index in [0.29, 0.717) is 19.3 Å². The Balaban J connectivity index is 2.33. The molecule has 5 atom stereocenters. The molecule has 1 aliphatic rings. The smallest absolute Gasteiger partial charge is 0.462 e. The van der Waals surface area contributed by atoms with Crippen LogP contribution in [0.3, 0.4) is 0 Å². The zero-order valence-electron chi connectivity index (χ0n) is 32.4. The molecule has 0 aliphatic carbocycles. The van der Waals surface area contributed by atoms with Crippen LogP contribution in [0.1, 0.15) is 149 Å². The van der Waals surface area contributed by atoms with E-state index in [1.165, 1.54) is 51.4 Å². The van der Waals surface area contributed by atoms with Crippen LogP contribution in [0.25, 0.3) is 0 Å². The minimum atomic E-state index is -4.63. The second-order valence-electron chi connectivity index (χ2n) is 14.2. The topological polar surface area (TPSA) is 161 Å². The van der Waals surface area contributed by atoms with Crippen molar-refractivity contribution in [3.8, 4) is 0 Å². The van der Waals surface area contributed by atoms with Gasteiger partial charge in [0.15, 0.2) is 6.10 Å². The third-order valence-electron chi connectivity index (χ3n) is 8.63. The van der Waals surface area contributed by atoms with Gasteiger partial charge in [0.05, 0.1) is 32.0 Å². The van der Waals surface area contributed by atoms with Crippen molar-refractivity contribution in [2.75, 3.05) is 26.4 Å². The molecular weight excluding hydrogens is 687 g/mol. The number of esters is 2. The lowest BCUT2D eigenvalue weighted by atomic mass is 10.0. The van der Waals surface area contributed by atoms with E-state index in [-0.39, 0.29) is 31.7 Å². The summed E-state index contributed by atoms with van der Waals surface area (Å²) in [5.41, 5.74) is 0. The first-order chi connectivity index (χ1) is 25.1. The predicted octanol–water partition coefficient (Wildman–Crippen LogP) is 8.84. The molecule has 302 valence electrons. The van der Waals surface area contributed by atoms with Crippen LogP contribution < -0.4 is 0 Å². The summed E-state index contributed by atoms with van der Waals surface area (Å²) in [6, 6.07) is 0. The maximum Gasteiger partial charge on any atom is 0.472 e. The zero-order valence-corrected chi connectivity index (χ0v) is 33.3. The first-order valence-electron chi connectivity index (χ1n) is 19.9. The molecule has 0 amide bonds. The summed E-state index contributed by atoms with van der Waals surface area (Å²) < 4.78 is 38.3. The predicted molar refractivity (Wildman–Crippen MR) is 205 cm³/mol. The van der Waals surface area contributed by atoms with Crippen LogP contribution in [-0.4, -0.2) is 77.9 Å². The molecule has 12 heteroatoms. The summed E-state index contributed by atoms with van der Waals surface area (Å²) in [5, 5.41) is 18.3. The van der Waals surface area contributed by atoms with Crippen molar-refractivity contribution in [3.05, 3.63) is 36.5 Å². The van der Waals surface area contributed by atoms with Crippen LogP contribution >= 0.6 is 7.82 Å². The van der Waals surface area contributed by atoms with E-state index in [1.807, 2.05) is 6.08 Å². The molecule has 1 fully saturated rings. The van der Waals surface area contributed by atoms with Crippen LogP contribution in [0.4, 0.5) is 0 Å². The van der Waals surface area contributed by atoms with Crippen LogP contribution in [0.2, 0.25) is 0 Å². The van der Waals surface area contributed by atoms with Gasteiger partial charge in [0.25, 0.3) is 0 Å². The number of epoxide rings is 1. The number of rotatable bonds is 35. The number of hydrogen-bond acceptors (Lipinski definition) is 10. The van der Waals surface area contributed by atoms with E-state index in [9.17, 15) is 24.2 Å². The van der Waals surface area contributed by atoms with E-state index in [0.717, 1.165) is 50.9 Å². The van der Waals surface area contributed by atoms with E-state index < -0.39 is 51.8 Å². The van der Waals surface area contributed by atoms with E-state index in [4.69, 9.17) is 23.8 Å². The highest BCUT2D eigenvalue weighted by atomic mass is 31.2. The normalized spacial score (nSPS) is 18.4. The zero-order chi connectivity index (χ0) is 38.3. The van der Waals surface area contributed by atoms with Crippen molar-refractivity contribution in [3.63, 3.8) is 0 Å². The molecule has 0 aromatic carbocycles. The molecule has 1 saturated heterocycles. The highest BCUT2D eigenvalue weighted by molar-refractivity contribution is 7.47. The second-order valence-corrected chi connectivity index (χ2v) is 15.6. The van der Waals surface area contributed by atoms with Gasteiger partial charge in [0, 0.05) is 12.8 Å². The molecule has 0 aromatic rings. The standard InChI is InChI=1S/C40H71O11P/c1-4-5-6-7-8-9-13-16-21-26-37-38(51-37)27-22-18-19-23-28-39(43)47-32-36(33-49-52(45,46)48-31-35(42)30-41)50-40(44)29-24-17-14-11-10-12-15-20-25-34(2)3/h8-9,16,18,21-22,34-38,41-42H,4-7,10-15,17,19-20,23-33H2,1-3H3,(H,45,46)/b9-8-,21-16-,22-18-/t35-,36+,37?,38?/m0/s1. The second kappa shape index (κ2) is 31.5. The molecule has 0 spiro atoms. The Bertz CT molecular complexity index is 1040. The Morgan fingerprint density at radius 3 is 1.98 bits per heavy atom. The Morgan fingerprint density at radius 2 is 1.31 bits per heavy atom. The van der Waals surface area contributed by atoms with Crippen LogP contribution in [0.5, 0.6) is 0 Å². The summed E-state index contributed by atoms with van der Waals surface area (Å²) in [5.74, 6) is -0.252. The van der Waals surface area contributed by atoms with Crippen LogP contribution in [-0.2, 0) is 37.4 Å². The average Bonchev–Trinajstić information content (AvgIpc) is 3.87. The summed E-state index contributed by atoms with van der Waals surface area (Å²) in [4.78, 5) is 34.9. The van der Waals surface area contributed by atoms with Gasteiger partial charge in [-0.15, -0.1) is 0 Å². The largest absolute Gasteiger partial charge is 0.472 e. The van der Waals surface area contributed by atoms with Gasteiger partial charge in [-0.25, -0.2) is 4.57 Å². The molecule has 0 radical (unpaired) electrons. The van der Waals surface area contributed by atoms with Gasteiger partial charge in [-0.2, -0.15) is 0 Å². The minimum absolute atomic E-state index is 0.157. The molecule has 3 unspecified atom stereocenters. The molecule has 1 heterocycles. The first-order valence-corrected chi connectivity index (χ1v) is 21.4. The number of phosphoric acid groups is 1. The lowest BCUT2D eigenvalue weighted by molar-refractivity contribution is -0.161. The molecule has 0 bridgehead atoms. The number of carbonyl (C=O) groups excluding carboxylic acids is 2.